The lowest BCUT2D eigenvalue weighted by atomic mass is 9.72. The number of amides is 1. The van der Waals surface area contributed by atoms with Crippen LogP contribution in [-0.4, -0.2) is 61.0 Å². The Kier molecular flexibility index (Phi) is 6.20. The zero-order chi connectivity index (χ0) is 21.8. The van der Waals surface area contributed by atoms with Gasteiger partial charge in [0.15, 0.2) is 11.5 Å². The number of hydrogen-bond donors (Lipinski definition) is 3. The van der Waals surface area contributed by atoms with E-state index in [1.54, 1.807) is 4.90 Å². The molecule has 30 heavy (non-hydrogen) atoms. The highest BCUT2D eigenvalue weighted by Crippen LogP contribution is 2.35. The molecule has 10 nitrogen and oxygen atoms in total. The molecule has 5 N–H and O–H groups in total. The summed E-state index contributed by atoms with van der Waals surface area (Å²) in [5, 5.41) is 2.93. The highest BCUT2D eigenvalue weighted by molar-refractivity contribution is 7.89. The van der Waals surface area contributed by atoms with Gasteiger partial charge in [0.2, 0.25) is 5.96 Å². The molecule has 1 fully saturated rings. The van der Waals surface area contributed by atoms with Gasteiger partial charge in [0, 0.05) is 37.4 Å². The number of nitrogens with two attached hydrogens (primary N) is 2. The Morgan fingerprint density at radius 2 is 1.83 bits per heavy atom. The van der Waals surface area contributed by atoms with E-state index in [4.69, 9.17) is 11.5 Å². The number of aromatic nitrogens is 2. The number of carbonyl (C=O) groups excluding carboxylic acids is 1. The molecule has 0 radical (unpaired) electrons. The summed E-state index contributed by atoms with van der Waals surface area (Å²) < 4.78 is 26.4. The van der Waals surface area contributed by atoms with Gasteiger partial charge in [-0.2, -0.15) is 0 Å². The Labute approximate surface area is 175 Å². The number of piperidine rings is 1. The summed E-state index contributed by atoms with van der Waals surface area (Å²) >= 11 is 0. The van der Waals surface area contributed by atoms with Crippen molar-refractivity contribution < 1.29 is 13.2 Å². The van der Waals surface area contributed by atoms with Crippen molar-refractivity contribution in [3.63, 3.8) is 0 Å². The molecule has 1 aromatic heterocycles. The maximum absolute atomic E-state index is 12.6. The van der Waals surface area contributed by atoms with Gasteiger partial charge < -0.3 is 21.7 Å². The van der Waals surface area contributed by atoms with E-state index >= 15 is 0 Å². The predicted molar refractivity (Wildman–Crippen MR) is 114 cm³/mol. The van der Waals surface area contributed by atoms with E-state index in [0.717, 1.165) is 11.8 Å². The molecular weight excluding hydrogens is 406 g/mol. The number of nitrogens with one attached hydrogen (secondary N) is 1. The number of benzene rings is 1. The van der Waals surface area contributed by atoms with Crippen molar-refractivity contribution in [1.29, 1.82) is 0 Å². The van der Waals surface area contributed by atoms with Gasteiger partial charge >= 0.3 is 0 Å². The number of nitrogen functional groups attached to an aromatic ring is 1. The second-order valence-corrected chi connectivity index (χ2v) is 8.94. The van der Waals surface area contributed by atoms with Crippen LogP contribution in [0, 0.1) is 0 Å². The largest absolute Gasteiger partial charge is 0.382 e. The molecule has 1 aliphatic heterocycles. The van der Waals surface area contributed by atoms with E-state index in [1.807, 2.05) is 30.3 Å². The van der Waals surface area contributed by atoms with Gasteiger partial charge in [0.05, 0.1) is 6.26 Å². The van der Waals surface area contributed by atoms with Gasteiger partial charge in [-0.15, -0.1) is 4.40 Å². The summed E-state index contributed by atoms with van der Waals surface area (Å²) in [6, 6.07) is 9.87. The number of likely N-dealkylation sites (tertiary alicyclic amines) is 1. The Morgan fingerprint density at radius 1 is 1.20 bits per heavy atom. The first-order chi connectivity index (χ1) is 14.2. The summed E-state index contributed by atoms with van der Waals surface area (Å²) in [5.41, 5.74) is 12.4. The minimum atomic E-state index is -3.57. The zero-order valence-corrected chi connectivity index (χ0v) is 17.5. The first-order valence-corrected chi connectivity index (χ1v) is 11.3. The Bertz CT molecular complexity index is 1030. The molecule has 0 atom stereocenters. The molecule has 3 rings (SSSR count). The van der Waals surface area contributed by atoms with Crippen molar-refractivity contribution in [2.24, 2.45) is 10.1 Å². The van der Waals surface area contributed by atoms with E-state index in [0.29, 0.717) is 32.5 Å². The highest BCUT2D eigenvalue weighted by atomic mass is 32.2. The second-order valence-electron chi connectivity index (χ2n) is 7.29. The smallest absolute Gasteiger partial charge is 0.273 e. The lowest BCUT2D eigenvalue weighted by Gasteiger charge is -2.42. The summed E-state index contributed by atoms with van der Waals surface area (Å²) in [6.07, 6.45) is 5.14. The maximum atomic E-state index is 12.6. The topological polar surface area (TPSA) is 157 Å². The van der Waals surface area contributed by atoms with Crippen LogP contribution in [0.15, 0.2) is 47.1 Å². The first kappa shape index (κ1) is 21.5. The summed E-state index contributed by atoms with van der Waals surface area (Å²) in [5.74, 6) is -0.338. The SMILES string of the molecule is CS(=O)(=O)N=C(N)N1CCC(CNC(=O)c2nccnc2N)(c2ccccc2)CC1. The van der Waals surface area contributed by atoms with Crippen molar-refractivity contribution >= 4 is 27.7 Å². The molecule has 1 amide bonds. The number of rotatable bonds is 5. The number of nitrogens with zero attached hydrogens (tertiary/aromatic N) is 4. The molecule has 1 aromatic carbocycles. The van der Waals surface area contributed by atoms with Gasteiger partial charge in [-0.25, -0.2) is 18.4 Å². The predicted octanol–water partition coefficient (Wildman–Crippen LogP) is 0.0967. The van der Waals surface area contributed by atoms with Crippen molar-refractivity contribution in [3.8, 4) is 0 Å². The molecule has 1 saturated heterocycles. The molecule has 160 valence electrons. The van der Waals surface area contributed by atoms with Crippen molar-refractivity contribution in [1.82, 2.24) is 20.2 Å². The van der Waals surface area contributed by atoms with Gasteiger partial charge in [0.25, 0.3) is 15.9 Å². The molecule has 0 bridgehead atoms. The van der Waals surface area contributed by atoms with Crippen LogP contribution in [-0.2, 0) is 15.4 Å². The maximum Gasteiger partial charge on any atom is 0.273 e. The summed E-state index contributed by atoms with van der Waals surface area (Å²) in [6.45, 7) is 1.37. The van der Waals surface area contributed by atoms with Crippen LogP contribution >= 0.6 is 0 Å². The Balaban J connectivity index is 1.78. The number of guanidine groups is 1. The van der Waals surface area contributed by atoms with Crippen LogP contribution < -0.4 is 16.8 Å². The van der Waals surface area contributed by atoms with Crippen LogP contribution in [0.3, 0.4) is 0 Å². The third-order valence-electron chi connectivity index (χ3n) is 5.22. The number of hydrogen-bond acceptors (Lipinski definition) is 6. The van der Waals surface area contributed by atoms with Crippen molar-refractivity contribution in [2.45, 2.75) is 18.3 Å². The Hall–Kier alpha value is -3.21. The monoisotopic (exact) mass is 431 g/mol. The van der Waals surface area contributed by atoms with Crippen LogP contribution in [0.2, 0.25) is 0 Å². The highest BCUT2D eigenvalue weighted by Gasteiger charge is 2.37. The van der Waals surface area contributed by atoms with E-state index in [9.17, 15) is 13.2 Å². The molecule has 11 heteroatoms. The minimum Gasteiger partial charge on any atom is -0.382 e. The average molecular weight is 432 g/mol. The van der Waals surface area contributed by atoms with Crippen molar-refractivity contribution in [3.05, 3.63) is 54.0 Å². The van der Waals surface area contributed by atoms with Gasteiger partial charge in [0.1, 0.15) is 0 Å². The standard InChI is InChI=1S/C19H25N7O3S/c1-30(28,29)25-18(21)26-11-7-19(8-12-26,14-5-3-2-4-6-14)13-24-17(27)15-16(20)23-10-9-22-15/h2-6,9-10H,7-8,11-13H2,1H3,(H2,20,23)(H2,21,25)(H,24,27). The van der Waals surface area contributed by atoms with Crippen LogP contribution in [0.5, 0.6) is 0 Å². The fourth-order valence-corrected chi connectivity index (χ4v) is 4.06. The van der Waals surface area contributed by atoms with E-state index in [1.165, 1.54) is 12.4 Å². The summed E-state index contributed by atoms with van der Waals surface area (Å²) in [7, 11) is -3.57. The minimum absolute atomic E-state index is 0.0180. The number of carbonyl (C=O) groups is 1. The molecule has 1 aliphatic rings. The second kappa shape index (κ2) is 8.66. The number of sulfonamides is 1. The van der Waals surface area contributed by atoms with Gasteiger partial charge in [-0.3, -0.25) is 4.79 Å². The van der Waals surface area contributed by atoms with Gasteiger partial charge in [-0.1, -0.05) is 30.3 Å². The quantitative estimate of drug-likeness (QED) is 0.444. The normalized spacial score (nSPS) is 16.8. The molecule has 0 aliphatic carbocycles. The van der Waals surface area contributed by atoms with E-state index in [2.05, 4.69) is 19.7 Å². The summed E-state index contributed by atoms with van der Waals surface area (Å²) in [4.78, 5) is 22.3. The molecular formula is C19H25N7O3S. The number of anilines is 1. The van der Waals surface area contributed by atoms with Gasteiger partial charge in [-0.05, 0) is 18.4 Å². The lowest BCUT2D eigenvalue weighted by Crippen LogP contribution is -2.52. The fourth-order valence-electron chi connectivity index (χ4n) is 3.61. The lowest BCUT2D eigenvalue weighted by molar-refractivity contribution is 0.0928. The molecule has 0 unspecified atom stereocenters. The molecule has 0 spiro atoms. The van der Waals surface area contributed by atoms with Crippen LogP contribution in [0.25, 0.3) is 0 Å². The van der Waals surface area contributed by atoms with E-state index < -0.39 is 15.9 Å². The molecule has 0 saturated carbocycles. The third-order valence-corrected chi connectivity index (χ3v) is 5.74. The third kappa shape index (κ3) is 5.03. The fraction of sp³-hybridized carbons (Fsp3) is 0.368. The first-order valence-electron chi connectivity index (χ1n) is 9.41. The van der Waals surface area contributed by atoms with E-state index in [-0.39, 0.29) is 22.9 Å². The van der Waals surface area contributed by atoms with Crippen molar-refractivity contribution in [2.75, 3.05) is 31.6 Å². The average Bonchev–Trinajstić information content (AvgIpc) is 2.72. The van der Waals surface area contributed by atoms with Crippen LogP contribution in [0.4, 0.5) is 5.82 Å². The Morgan fingerprint density at radius 3 is 2.43 bits per heavy atom. The molecule has 2 heterocycles. The molecule has 2 aromatic rings. The van der Waals surface area contributed by atoms with Crippen LogP contribution in [0.1, 0.15) is 28.9 Å². The zero-order valence-electron chi connectivity index (χ0n) is 16.7.